The molecule has 1 aliphatic rings. The van der Waals surface area contributed by atoms with Crippen molar-refractivity contribution >= 4 is 11.8 Å². The molecule has 0 unspecified atom stereocenters. The molecule has 2 heterocycles. The number of nitriles is 1. The van der Waals surface area contributed by atoms with Gasteiger partial charge in [0.1, 0.15) is 5.69 Å². The van der Waals surface area contributed by atoms with Gasteiger partial charge in [-0.05, 0) is 30.7 Å². The molecule has 27 heavy (non-hydrogen) atoms. The minimum absolute atomic E-state index is 0.243. The Labute approximate surface area is 158 Å². The largest absolute Gasteiger partial charge is 0.356 e. The molecule has 0 radical (unpaired) electrons. The summed E-state index contributed by atoms with van der Waals surface area (Å²) in [5.41, 5.74) is 1.96. The average Bonchev–Trinajstić information content (AvgIpc) is 3.16. The van der Waals surface area contributed by atoms with E-state index in [1.807, 2.05) is 0 Å². The van der Waals surface area contributed by atoms with Crippen LogP contribution in [0.1, 0.15) is 37.4 Å². The lowest BCUT2D eigenvalue weighted by Crippen LogP contribution is -2.54. The van der Waals surface area contributed by atoms with Crippen LogP contribution in [0.5, 0.6) is 0 Å². The molecule has 2 aromatic rings. The molecule has 7 heteroatoms. The zero-order chi connectivity index (χ0) is 19.2. The lowest BCUT2D eigenvalue weighted by Gasteiger charge is -2.33. The molecule has 1 saturated heterocycles. The summed E-state index contributed by atoms with van der Waals surface area (Å²) in [5, 5.41) is 12.9. The maximum absolute atomic E-state index is 12.4. The van der Waals surface area contributed by atoms with Crippen molar-refractivity contribution in [3.8, 4) is 17.4 Å². The highest BCUT2D eigenvalue weighted by Crippen LogP contribution is 2.22. The van der Waals surface area contributed by atoms with Gasteiger partial charge in [0.2, 0.25) is 0 Å². The molecule has 1 aromatic heterocycles. The Hall–Kier alpha value is -3.14. The van der Waals surface area contributed by atoms with Crippen molar-refractivity contribution < 1.29 is 14.1 Å². The SMILES string of the molecule is CCCCCN1CCN(Cc2cc(-c3ccc(C#N)cc3)on2)C(=O)C1=O. The summed E-state index contributed by atoms with van der Waals surface area (Å²) in [7, 11) is 0. The molecule has 1 aromatic carbocycles. The van der Waals surface area contributed by atoms with E-state index < -0.39 is 11.8 Å². The standard InChI is InChI=1S/C20H22N4O3/c1-2-3-4-9-23-10-11-24(20(26)19(23)25)14-17-12-18(27-22-17)16-7-5-15(13-21)6-8-16/h5-8,12H,2-4,9-11,14H2,1H3. The lowest BCUT2D eigenvalue weighted by molar-refractivity contribution is -0.156. The third-order valence-electron chi connectivity index (χ3n) is 4.64. The van der Waals surface area contributed by atoms with E-state index in [1.54, 1.807) is 35.2 Å². The quantitative estimate of drug-likeness (QED) is 0.555. The highest BCUT2D eigenvalue weighted by Gasteiger charge is 2.32. The number of nitrogens with zero attached hydrogens (tertiary/aromatic N) is 4. The van der Waals surface area contributed by atoms with E-state index in [2.05, 4.69) is 18.1 Å². The van der Waals surface area contributed by atoms with Gasteiger partial charge < -0.3 is 14.3 Å². The number of aromatic nitrogens is 1. The number of carbonyl (C=O) groups is 2. The van der Waals surface area contributed by atoms with Crippen molar-refractivity contribution in [2.75, 3.05) is 19.6 Å². The number of carbonyl (C=O) groups excluding carboxylic acids is 2. The fourth-order valence-corrected chi connectivity index (χ4v) is 3.06. The van der Waals surface area contributed by atoms with Gasteiger partial charge in [-0.1, -0.05) is 24.9 Å². The molecule has 0 saturated carbocycles. The highest BCUT2D eigenvalue weighted by molar-refractivity contribution is 6.35. The molecule has 0 bridgehead atoms. The molecule has 3 rings (SSSR count). The van der Waals surface area contributed by atoms with Gasteiger partial charge in [-0.15, -0.1) is 0 Å². The van der Waals surface area contributed by atoms with E-state index >= 15 is 0 Å². The summed E-state index contributed by atoms with van der Waals surface area (Å²) in [6.45, 7) is 4.03. The zero-order valence-electron chi connectivity index (χ0n) is 15.4. The molecular formula is C20H22N4O3. The second kappa shape index (κ2) is 8.49. The maximum Gasteiger partial charge on any atom is 0.312 e. The van der Waals surface area contributed by atoms with Crippen LogP contribution in [0.3, 0.4) is 0 Å². The number of unbranched alkanes of at least 4 members (excludes halogenated alkanes) is 2. The smallest absolute Gasteiger partial charge is 0.312 e. The number of benzene rings is 1. The van der Waals surface area contributed by atoms with Gasteiger partial charge in [-0.3, -0.25) is 9.59 Å². The Morgan fingerprint density at radius 1 is 1.11 bits per heavy atom. The summed E-state index contributed by atoms with van der Waals surface area (Å²) in [6, 6.07) is 10.8. The minimum atomic E-state index is -0.485. The Morgan fingerprint density at radius 2 is 1.81 bits per heavy atom. The molecule has 0 atom stereocenters. The molecule has 0 aliphatic carbocycles. The van der Waals surface area contributed by atoms with E-state index in [9.17, 15) is 9.59 Å². The highest BCUT2D eigenvalue weighted by atomic mass is 16.5. The van der Waals surface area contributed by atoms with Crippen LogP contribution in [0.4, 0.5) is 0 Å². The predicted molar refractivity (Wildman–Crippen MR) is 98.2 cm³/mol. The predicted octanol–water partition coefficient (Wildman–Crippen LogP) is 2.57. The Kier molecular flexibility index (Phi) is 5.87. The Bertz CT molecular complexity index is 851. The summed E-state index contributed by atoms with van der Waals surface area (Å²) < 4.78 is 5.35. The van der Waals surface area contributed by atoms with Crippen molar-refractivity contribution in [1.82, 2.24) is 15.0 Å². The molecule has 2 amide bonds. The fourth-order valence-electron chi connectivity index (χ4n) is 3.06. The second-order valence-corrected chi connectivity index (χ2v) is 6.60. The van der Waals surface area contributed by atoms with Crippen LogP contribution in [-0.2, 0) is 16.1 Å². The van der Waals surface area contributed by atoms with E-state index in [1.165, 1.54) is 4.90 Å². The van der Waals surface area contributed by atoms with Crippen molar-refractivity contribution in [2.24, 2.45) is 0 Å². The van der Waals surface area contributed by atoms with Gasteiger partial charge in [0.25, 0.3) is 0 Å². The average molecular weight is 366 g/mol. The van der Waals surface area contributed by atoms with Crippen LogP contribution in [0, 0.1) is 11.3 Å². The zero-order valence-corrected chi connectivity index (χ0v) is 15.4. The molecule has 0 N–H and O–H groups in total. The van der Waals surface area contributed by atoms with Gasteiger partial charge in [0.05, 0.1) is 18.2 Å². The molecule has 1 fully saturated rings. The molecule has 0 spiro atoms. The number of hydrogen-bond donors (Lipinski definition) is 0. The maximum atomic E-state index is 12.4. The topological polar surface area (TPSA) is 90.4 Å². The van der Waals surface area contributed by atoms with E-state index in [-0.39, 0.29) is 6.54 Å². The molecule has 1 aliphatic heterocycles. The van der Waals surface area contributed by atoms with Crippen LogP contribution in [0.2, 0.25) is 0 Å². The van der Waals surface area contributed by atoms with Crippen molar-refractivity contribution in [3.63, 3.8) is 0 Å². The first kappa shape index (κ1) is 18.6. The Morgan fingerprint density at radius 3 is 2.52 bits per heavy atom. The van der Waals surface area contributed by atoms with Crippen LogP contribution in [-0.4, -0.2) is 46.4 Å². The van der Waals surface area contributed by atoms with Gasteiger partial charge in [-0.2, -0.15) is 5.26 Å². The summed E-state index contributed by atoms with van der Waals surface area (Å²) in [6.07, 6.45) is 3.06. The van der Waals surface area contributed by atoms with Crippen molar-refractivity contribution in [2.45, 2.75) is 32.7 Å². The van der Waals surface area contributed by atoms with Crippen LogP contribution < -0.4 is 0 Å². The summed E-state index contributed by atoms with van der Waals surface area (Å²) in [4.78, 5) is 27.8. The number of rotatable bonds is 7. The first-order chi connectivity index (χ1) is 13.1. The van der Waals surface area contributed by atoms with Gasteiger partial charge in [0, 0.05) is 31.3 Å². The molecular weight excluding hydrogens is 344 g/mol. The molecule has 140 valence electrons. The number of amides is 2. The first-order valence-electron chi connectivity index (χ1n) is 9.16. The van der Waals surface area contributed by atoms with Crippen LogP contribution in [0.15, 0.2) is 34.9 Å². The first-order valence-corrected chi connectivity index (χ1v) is 9.16. The van der Waals surface area contributed by atoms with Gasteiger partial charge in [0.15, 0.2) is 5.76 Å². The van der Waals surface area contributed by atoms with Gasteiger partial charge >= 0.3 is 11.8 Å². The second-order valence-electron chi connectivity index (χ2n) is 6.60. The van der Waals surface area contributed by atoms with E-state index in [0.717, 1.165) is 24.8 Å². The van der Waals surface area contributed by atoms with E-state index in [0.29, 0.717) is 36.7 Å². The number of hydrogen-bond acceptors (Lipinski definition) is 5. The third-order valence-corrected chi connectivity index (χ3v) is 4.64. The molecule has 7 nitrogen and oxygen atoms in total. The summed E-state index contributed by atoms with van der Waals surface area (Å²) >= 11 is 0. The monoisotopic (exact) mass is 366 g/mol. The summed E-state index contributed by atoms with van der Waals surface area (Å²) in [5.74, 6) is -0.361. The normalized spacial score (nSPS) is 14.5. The third kappa shape index (κ3) is 4.34. The van der Waals surface area contributed by atoms with Gasteiger partial charge in [-0.25, -0.2) is 0 Å². The minimum Gasteiger partial charge on any atom is -0.356 e. The van der Waals surface area contributed by atoms with Crippen LogP contribution >= 0.6 is 0 Å². The lowest BCUT2D eigenvalue weighted by atomic mass is 10.1. The van der Waals surface area contributed by atoms with Crippen LogP contribution in [0.25, 0.3) is 11.3 Å². The van der Waals surface area contributed by atoms with Crippen molar-refractivity contribution in [3.05, 3.63) is 41.6 Å². The Balaban J connectivity index is 1.61. The number of piperazine rings is 1. The fraction of sp³-hybridized carbons (Fsp3) is 0.400. The van der Waals surface area contributed by atoms with Crippen molar-refractivity contribution in [1.29, 1.82) is 5.26 Å². The van der Waals surface area contributed by atoms with E-state index in [4.69, 9.17) is 9.78 Å².